The molecule has 2 aromatic carbocycles. The van der Waals surface area contributed by atoms with Crippen molar-refractivity contribution in [3.63, 3.8) is 0 Å². The second-order valence-corrected chi connectivity index (χ2v) is 7.15. The topological polar surface area (TPSA) is 38.8 Å². The molecule has 1 heterocycles. The summed E-state index contributed by atoms with van der Waals surface area (Å²) in [6.45, 7) is 5.63. The van der Waals surface area contributed by atoms with E-state index in [4.69, 9.17) is 9.47 Å². The highest BCUT2D eigenvalue weighted by molar-refractivity contribution is 5.97. The van der Waals surface area contributed by atoms with Crippen molar-refractivity contribution < 1.29 is 18.7 Å². The zero-order valence-electron chi connectivity index (χ0n) is 16.4. The molecule has 0 aliphatic carbocycles. The van der Waals surface area contributed by atoms with Crippen LogP contribution < -0.4 is 4.74 Å². The smallest absolute Gasteiger partial charge is 0.166 e. The molecule has 0 saturated carbocycles. The maximum Gasteiger partial charge on any atom is 0.166 e. The maximum atomic E-state index is 13.1. The van der Waals surface area contributed by atoms with E-state index in [0.29, 0.717) is 18.8 Å². The van der Waals surface area contributed by atoms with Crippen molar-refractivity contribution in [1.82, 2.24) is 4.90 Å². The minimum absolute atomic E-state index is 0.00504. The highest BCUT2D eigenvalue weighted by Crippen LogP contribution is 2.22. The zero-order valence-corrected chi connectivity index (χ0v) is 16.4. The van der Waals surface area contributed by atoms with Crippen LogP contribution in [0.1, 0.15) is 30.1 Å². The molecule has 4 nitrogen and oxygen atoms in total. The van der Waals surface area contributed by atoms with Gasteiger partial charge in [-0.1, -0.05) is 18.2 Å². The second-order valence-electron chi connectivity index (χ2n) is 7.15. The predicted molar refractivity (Wildman–Crippen MR) is 107 cm³/mol. The van der Waals surface area contributed by atoms with Crippen molar-refractivity contribution in [3.05, 3.63) is 66.0 Å². The fourth-order valence-corrected chi connectivity index (χ4v) is 3.61. The maximum absolute atomic E-state index is 13.1. The van der Waals surface area contributed by atoms with E-state index in [-0.39, 0.29) is 23.6 Å². The van der Waals surface area contributed by atoms with Crippen LogP contribution >= 0.6 is 0 Å². The van der Waals surface area contributed by atoms with Crippen LogP contribution in [0.5, 0.6) is 5.75 Å². The Bertz CT molecular complexity index is 727. The molecular weight excluding hydrogens is 357 g/mol. The Morgan fingerprint density at radius 2 is 1.79 bits per heavy atom. The van der Waals surface area contributed by atoms with Crippen LogP contribution in [0.4, 0.5) is 4.39 Å². The number of Topliss-reactive ketones (excluding diaryl/α,β-unsaturated/α-hetero) is 1. The van der Waals surface area contributed by atoms with E-state index in [9.17, 15) is 9.18 Å². The van der Waals surface area contributed by atoms with E-state index < -0.39 is 0 Å². The molecule has 0 aromatic heterocycles. The number of carbonyl (C=O) groups excluding carboxylic acids is 1. The first kappa shape index (κ1) is 20.5. The summed E-state index contributed by atoms with van der Waals surface area (Å²) in [6.07, 6.45) is 1.62. The van der Waals surface area contributed by atoms with Gasteiger partial charge in [-0.2, -0.15) is 0 Å². The first-order chi connectivity index (χ1) is 13.7. The van der Waals surface area contributed by atoms with Crippen molar-refractivity contribution in [3.8, 4) is 5.75 Å². The van der Waals surface area contributed by atoms with E-state index in [1.165, 1.54) is 12.1 Å². The summed E-state index contributed by atoms with van der Waals surface area (Å²) in [5.74, 6) is 0.656. The molecule has 1 aliphatic rings. The lowest BCUT2D eigenvalue weighted by Gasteiger charge is -2.33. The van der Waals surface area contributed by atoms with Gasteiger partial charge in [0.25, 0.3) is 0 Å². The second kappa shape index (κ2) is 10.3. The average Bonchev–Trinajstić information content (AvgIpc) is 2.73. The third-order valence-corrected chi connectivity index (χ3v) is 5.13. The molecule has 1 saturated heterocycles. The predicted octanol–water partition coefficient (Wildman–Crippen LogP) is 4.20. The van der Waals surface area contributed by atoms with Gasteiger partial charge in [-0.3, -0.25) is 4.79 Å². The number of hydrogen-bond donors (Lipinski definition) is 0. The Balaban J connectivity index is 1.47. The summed E-state index contributed by atoms with van der Waals surface area (Å²) < 4.78 is 24.8. The third kappa shape index (κ3) is 5.88. The molecule has 5 heteroatoms. The number of ketones is 1. The highest BCUT2D eigenvalue weighted by Gasteiger charge is 2.27. The van der Waals surface area contributed by atoms with Crippen molar-refractivity contribution >= 4 is 5.78 Å². The van der Waals surface area contributed by atoms with Crippen LogP contribution in [0.15, 0.2) is 54.6 Å². The largest absolute Gasteiger partial charge is 0.491 e. The number of nitrogens with zero attached hydrogens (tertiary/aromatic N) is 1. The Kier molecular flexibility index (Phi) is 7.57. The molecule has 0 radical (unpaired) electrons. The van der Waals surface area contributed by atoms with Gasteiger partial charge in [0.1, 0.15) is 24.3 Å². The van der Waals surface area contributed by atoms with Crippen molar-refractivity contribution in [1.29, 1.82) is 0 Å². The van der Waals surface area contributed by atoms with E-state index in [1.54, 1.807) is 12.1 Å². The summed E-state index contributed by atoms with van der Waals surface area (Å²) >= 11 is 0. The van der Waals surface area contributed by atoms with Crippen molar-refractivity contribution in [2.45, 2.75) is 25.9 Å². The van der Waals surface area contributed by atoms with Gasteiger partial charge in [-0.05, 0) is 69.3 Å². The van der Waals surface area contributed by atoms with Gasteiger partial charge in [0.2, 0.25) is 0 Å². The SMILES string of the molecule is CCOC(COc1ccccc1)CN1CCC(C(=O)c2ccc(F)cc2)CC1. The van der Waals surface area contributed by atoms with Crippen LogP contribution in [0, 0.1) is 11.7 Å². The molecule has 3 rings (SSSR count). The molecule has 28 heavy (non-hydrogen) atoms. The minimum Gasteiger partial charge on any atom is -0.491 e. The number of para-hydroxylation sites is 1. The number of benzene rings is 2. The molecule has 150 valence electrons. The third-order valence-electron chi connectivity index (χ3n) is 5.13. The monoisotopic (exact) mass is 385 g/mol. The van der Waals surface area contributed by atoms with Gasteiger partial charge in [-0.15, -0.1) is 0 Å². The number of carbonyl (C=O) groups is 1. The number of rotatable bonds is 9. The van der Waals surface area contributed by atoms with E-state index in [2.05, 4.69) is 4.90 Å². The molecule has 1 unspecified atom stereocenters. The number of likely N-dealkylation sites (tertiary alicyclic amines) is 1. The Morgan fingerprint density at radius 1 is 1.11 bits per heavy atom. The highest BCUT2D eigenvalue weighted by atomic mass is 19.1. The Hall–Kier alpha value is -2.24. The average molecular weight is 385 g/mol. The van der Waals surface area contributed by atoms with Gasteiger partial charge in [-0.25, -0.2) is 4.39 Å². The van der Waals surface area contributed by atoms with Gasteiger partial charge in [0.05, 0.1) is 0 Å². The summed E-state index contributed by atoms with van der Waals surface area (Å²) in [4.78, 5) is 15.0. The van der Waals surface area contributed by atoms with Crippen LogP contribution in [-0.2, 0) is 4.74 Å². The summed E-state index contributed by atoms with van der Waals surface area (Å²) in [5, 5.41) is 0. The van der Waals surface area contributed by atoms with E-state index in [0.717, 1.165) is 38.2 Å². The fourth-order valence-electron chi connectivity index (χ4n) is 3.61. The van der Waals surface area contributed by atoms with Crippen LogP contribution in [0.3, 0.4) is 0 Å². The van der Waals surface area contributed by atoms with Crippen molar-refractivity contribution in [2.75, 3.05) is 32.8 Å². The van der Waals surface area contributed by atoms with Crippen LogP contribution in [0.25, 0.3) is 0 Å². The number of hydrogen-bond acceptors (Lipinski definition) is 4. The molecule has 1 atom stereocenters. The van der Waals surface area contributed by atoms with E-state index in [1.807, 2.05) is 37.3 Å². The molecule has 1 fully saturated rings. The lowest BCUT2D eigenvalue weighted by molar-refractivity contribution is -0.00148. The number of piperidine rings is 1. The first-order valence-corrected chi connectivity index (χ1v) is 9.97. The standard InChI is InChI=1S/C23H28FNO3/c1-2-27-22(17-28-21-6-4-3-5-7-21)16-25-14-12-19(13-15-25)23(26)18-8-10-20(24)11-9-18/h3-11,19,22H,2,12-17H2,1H3. The Labute approximate surface area is 166 Å². The van der Waals surface area contributed by atoms with Gasteiger partial charge in [0.15, 0.2) is 5.78 Å². The fraction of sp³-hybridized carbons (Fsp3) is 0.435. The van der Waals surface area contributed by atoms with Crippen LogP contribution in [0.2, 0.25) is 0 Å². The number of ether oxygens (including phenoxy) is 2. The van der Waals surface area contributed by atoms with E-state index >= 15 is 0 Å². The number of halogens is 1. The molecule has 0 bridgehead atoms. The molecule has 0 N–H and O–H groups in total. The van der Waals surface area contributed by atoms with Gasteiger partial charge < -0.3 is 14.4 Å². The Morgan fingerprint density at radius 3 is 2.43 bits per heavy atom. The van der Waals surface area contributed by atoms with Crippen molar-refractivity contribution in [2.24, 2.45) is 5.92 Å². The lowest BCUT2D eigenvalue weighted by atomic mass is 9.89. The van der Waals surface area contributed by atoms with Gasteiger partial charge >= 0.3 is 0 Å². The summed E-state index contributed by atoms with van der Waals surface area (Å²) in [5.41, 5.74) is 0.600. The lowest BCUT2D eigenvalue weighted by Crippen LogP contribution is -2.43. The summed E-state index contributed by atoms with van der Waals surface area (Å²) in [7, 11) is 0. The van der Waals surface area contributed by atoms with Crippen LogP contribution in [-0.4, -0.2) is 49.6 Å². The quantitative estimate of drug-likeness (QED) is 0.607. The molecule has 1 aliphatic heterocycles. The summed E-state index contributed by atoms with van der Waals surface area (Å²) in [6, 6.07) is 15.6. The normalized spacial score (nSPS) is 16.6. The zero-order chi connectivity index (χ0) is 19.8. The molecule has 0 spiro atoms. The molecule has 0 amide bonds. The molecular formula is C23H28FNO3. The first-order valence-electron chi connectivity index (χ1n) is 9.97. The van der Waals surface area contributed by atoms with Gasteiger partial charge in [0, 0.05) is 24.6 Å². The molecule has 2 aromatic rings. The minimum atomic E-state index is -0.314.